The number of H-pyrrole nitrogens is 1. The van der Waals surface area contributed by atoms with Crippen molar-refractivity contribution in [3.05, 3.63) is 59.4 Å². The van der Waals surface area contributed by atoms with Crippen molar-refractivity contribution in [3.63, 3.8) is 0 Å². The summed E-state index contributed by atoms with van der Waals surface area (Å²) in [5.41, 5.74) is 1.41. The molecule has 1 heterocycles. The van der Waals surface area contributed by atoms with Crippen molar-refractivity contribution in [1.29, 1.82) is 0 Å². The topological polar surface area (TPSA) is 82.2 Å². The van der Waals surface area contributed by atoms with Gasteiger partial charge in [-0.15, -0.1) is 0 Å². The van der Waals surface area contributed by atoms with Gasteiger partial charge >= 0.3 is 0 Å². The molecule has 1 aromatic heterocycles. The molecule has 1 saturated carbocycles. The Labute approximate surface area is 141 Å². The summed E-state index contributed by atoms with van der Waals surface area (Å²) < 4.78 is 0. The van der Waals surface area contributed by atoms with E-state index >= 15 is 0 Å². The number of amides is 1. The summed E-state index contributed by atoms with van der Waals surface area (Å²) in [4.78, 5) is 27.5. The van der Waals surface area contributed by atoms with E-state index in [1.807, 2.05) is 6.92 Å². The molecule has 5 heteroatoms. The molecule has 3 rings (SSSR count). The van der Waals surface area contributed by atoms with E-state index in [1.165, 1.54) is 0 Å². The molecule has 5 nitrogen and oxygen atoms in total. The second-order valence-electron chi connectivity index (χ2n) is 6.74. The second kappa shape index (κ2) is 6.61. The molecule has 2 aromatic rings. The molecule has 1 aromatic carbocycles. The third kappa shape index (κ3) is 3.12. The highest BCUT2D eigenvalue weighted by molar-refractivity contribution is 6.09. The molecule has 1 aliphatic carbocycles. The van der Waals surface area contributed by atoms with E-state index in [0.29, 0.717) is 16.7 Å². The Hall–Kier alpha value is -2.40. The fourth-order valence-corrected chi connectivity index (χ4v) is 3.31. The number of aliphatic hydroxyl groups excluding tert-OH is 1. The van der Waals surface area contributed by atoms with Crippen molar-refractivity contribution in [3.8, 4) is 0 Å². The molecule has 3 N–H and O–H groups in total. The molecule has 2 unspecified atom stereocenters. The third-order valence-corrected chi connectivity index (χ3v) is 5.02. The lowest BCUT2D eigenvalue weighted by atomic mass is 9.85. The Bertz CT molecular complexity index is 722. The Kier molecular flexibility index (Phi) is 4.53. The van der Waals surface area contributed by atoms with Crippen LogP contribution in [0.25, 0.3) is 0 Å². The highest BCUT2D eigenvalue weighted by atomic mass is 16.3. The molecule has 0 saturated heterocycles. The van der Waals surface area contributed by atoms with Crippen molar-refractivity contribution < 1.29 is 14.7 Å². The predicted octanol–water partition coefficient (Wildman–Crippen LogP) is 2.53. The smallest absolute Gasteiger partial charge is 0.251 e. The van der Waals surface area contributed by atoms with Gasteiger partial charge in [-0.1, -0.05) is 25.5 Å². The van der Waals surface area contributed by atoms with E-state index in [-0.39, 0.29) is 29.8 Å². The monoisotopic (exact) mass is 326 g/mol. The first kappa shape index (κ1) is 16.5. The van der Waals surface area contributed by atoms with Crippen LogP contribution in [-0.4, -0.2) is 34.4 Å². The molecule has 1 fully saturated rings. The van der Waals surface area contributed by atoms with Gasteiger partial charge in [0.1, 0.15) is 0 Å². The van der Waals surface area contributed by atoms with Crippen molar-refractivity contribution in [1.82, 2.24) is 10.3 Å². The summed E-state index contributed by atoms with van der Waals surface area (Å²) in [5.74, 6) is -0.242. The lowest BCUT2D eigenvalue weighted by Crippen LogP contribution is -2.44. The summed E-state index contributed by atoms with van der Waals surface area (Å²) in [6.45, 7) is 2.08. The largest absolute Gasteiger partial charge is 0.396 e. The summed E-state index contributed by atoms with van der Waals surface area (Å²) in [7, 11) is 0. The molecular weight excluding hydrogens is 304 g/mol. The van der Waals surface area contributed by atoms with Crippen LogP contribution in [0.15, 0.2) is 42.7 Å². The molecule has 24 heavy (non-hydrogen) atoms. The molecule has 126 valence electrons. The Morgan fingerprint density at radius 3 is 2.54 bits per heavy atom. The van der Waals surface area contributed by atoms with E-state index in [1.54, 1.807) is 42.7 Å². The molecule has 2 atom stereocenters. The number of rotatable bonds is 5. The zero-order chi connectivity index (χ0) is 17.2. The van der Waals surface area contributed by atoms with Gasteiger partial charge in [-0.3, -0.25) is 9.59 Å². The minimum absolute atomic E-state index is 0.0174. The standard InChI is InChI=1S/C19H22N2O3/c1-19(12-22)9-2-3-16(19)21-18(24)14-6-4-13(5-7-14)17(23)15-8-10-20-11-15/h4-8,10-11,16,20,22H,2-3,9,12H2,1H3,(H,21,24). The Balaban J connectivity index is 1.69. The Morgan fingerprint density at radius 1 is 1.21 bits per heavy atom. The Morgan fingerprint density at radius 2 is 1.92 bits per heavy atom. The fourth-order valence-electron chi connectivity index (χ4n) is 3.31. The maximum atomic E-state index is 12.4. The number of benzene rings is 1. The van der Waals surface area contributed by atoms with Gasteiger partial charge < -0.3 is 15.4 Å². The lowest BCUT2D eigenvalue weighted by Gasteiger charge is -2.30. The number of hydrogen-bond acceptors (Lipinski definition) is 3. The fraction of sp³-hybridized carbons (Fsp3) is 0.368. The maximum absolute atomic E-state index is 12.4. The number of aliphatic hydroxyl groups is 1. The molecule has 0 bridgehead atoms. The van der Waals surface area contributed by atoms with Crippen LogP contribution in [0.1, 0.15) is 52.5 Å². The van der Waals surface area contributed by atoms with Crippen molar-refractivity contribution in [2.45, 2.75) is 32.2 Å². The van der Waals surface area contributed by atoms with Gasteiger partial charge in [-0.05, 0) is 31.0 Å². The minimum Gasteiger partial charge on any atom is -0.396 e. The van der Waals surface area contributed by atoms with Gasteiger partial charge in [-0.25, -0.2) is 0 Å². The average Bonchev–Trinajstić information content (AvgIpc) is 3.25. The quantitative estimate of drug-likeness (QED) is 0.738. The molecule has 0 aliphatic heterocycles. The second-order valence-corrected chi connectivity index (χ2v) is 6.74. The first-order valence-corrected chi connectivity index (χ1v) is 8.23. The summed E-state index contributed by atoms with van der Waals surface area (Å²) >= 11 is 0. The van der Waals surface area contributed by atoms with Crippen LogP contribution in [0.2, 0.25) is 0 Å². The van der Waals surface area contributed by atoms with Gasteiger partial charge in [-0.2, -0.15) is 0 Å². The van der Waals surface area contributed by atoms with Crippen molar-refractivity contribution >= 4 is 11.7 Å². The normalized spacial score (nSPS) is 23.2. The van der Waals surface area contributed by atoms with Crippen LogP contribution in [0.4, 0.5) is 0 Å². The number of aromatic nitrogens is 1. The molecular formula is C19H22N2O3. The van der Waals surface area contributed by atoms with E-state index in [4.69, 9.17) is 0 Å². The van der Waals surface area contributed by atoms with Gasteiger partial charge in [0.25, 0.3) is 5.91 Å². The summed E-state index contributed by atoms with van der Waals surface area (Å²) in [6.07, 6.45) is 6.16. The number of carbonyl (C=O) groups is 2. The van der Waals surface area contributed by atoms with E-state index in [9.17, 15) is 14.7 Å². The zero-order valence-electron chi connectivity index (χ0n) is 13.7. The minimum atomic E-state index is -0.250. The van der Waals surface area contributed by atoms with E-state index in [2.05, 4.69) is 10.3 Å². The molecule has 1 amide bonds. The number of hydrogen-bond donors (Lipinski definition) is 3. The number of carbonyl (C=O) groups excluding carboxylic acids is 2. The molecule has 1 aliphatic rings. The SMILES string of the molecule is CC1(CO)CCCC1NC(=O)c1ccc(C(=O)c2cc[nH]c2)cc1. The number of nitrogens with one attached hydrogen (secondary N) is 2. The number of ketones is 1. The van der Waals surface area contributed by atoms with Crippen LogP contribution in [0.3, 0.4) is 0 Å². The lowest BCUT2D eigenvalue weighted by molar-refractivity contribution is 0.0830. The average molecular weight is 326 g/mol. The van der Waals surface area contributed by atoms with Gasteiger partial charge in [0.05, 0.1) is 6.61 Å². The van der Waals surface area contributed by atoms with Crippen LogP contribution >= 0.6 is 0 Å². The number of aromatic amines is 1. The van der Waals surface area contributed by atoms with Crippen LogP contribution in [0.5, 0.6) is 0 Å². The highest BCUT2D eigenvalue weighted by Gasteiger charge is 2.39. The summed E-state index contributed by atoms with van der Waals surface area (Å²) in [5, 5.41) is 12.6. The third-order valence-electron chi connectivity index (χ3n) is 5.02. The van der Waals surface area contributed by atoms with Crippen LogP contribution in [-0.2, 0) is 0 Å². The van der Waals surface area contributed by atoms with Gasteiger partial charge in [0.2, 0.25) is 0 Å². The van der Waals surface area contributed by atoms with Crippen LogP contribution in [0, 0.1) is 5.41 Å². The van der Waals surface area contributed by atoms with Gasteiger partial charge in [0, 0.05) is 40.5 Å². The first-order chi connectivity index (χ1) is 11.5. The first-order valence-electron chi connectivity index (χ1n) is 8.23. The van der Waals surface area contributed by atoms with Gasteiger partial charge in [0.15, 0.2) is 5.78 Å². The zero-order valence-corrected chi connectivity index (χ0v) is 13.7. The highest BCUT2D eigenvalue weighted by Crippen LogP contribution is 2.37. The van der Waals surface area contributed by atoms with Crippen molar-refractivity contribution in [2.24, 2.45) is 5.41 Å². The van der Waals surface area contributed by atoms with E-state index in [0.717, 1.165) is 19.3 Å². The molecule has 0 radical (unpaired) electrons. The maximum Gasteiger partial charge on any atom is 0.251 e. The predicted molar refractivity (Wildman–Crippen MR) is 91.0 cm³/mol. The summed E-state index contributed by atoms with van der Waals surface area (Å²) in [6, 6.07) is 8.38. The van der Waals surface area contributed by atoms with Crippen molar-refractivity contribution in [2.75, 3.05) is 6.61 Å². The van der Waals surface area contributed by atoms with Crippen LogP contribution < -0.4 is 5.32 Å². The molecule has 0 spiro atoms. The van der Waals surface area contributed by atoms with E-state index < -0.39 is 0 Å².